The highest BCUT2D eigenvalue weighted by Gasteiger charge is 2.35. The average molecular weight is 306 g/mol. The Kier molecular flexibility index (Phi) is 3.44. The molecule has 9 heteroatoms. The molecule has 0 atom stereocenters. The smallest absolute Gasteiger partial charge is 0.434 e. The van der Waals surface area contributed by atoms with Gasteiger partial charge in [-0.1, -0.05) is 0 Å². The van der Waals surface area contributed by atoms with Gasteiger partial charge in [0.05, 0.1) is 11.1 Å². The Morgan fingerprint density at radius 1 is 1.24 bits per heavy atom. The molecule has 0 aliphatic rings. The number of rotatable bonds is 2. The number of hydrogen-bond acceptors (Lipinski definition) is 2. The highest BCUT2D eigenvalue weighted by Crippen LogP contribution is 2.32. The van der Waals surface area contributed by atoms with Crippen LogP contribution in [0.4, 0.5) is 22.0 Å². The number of benzene rings is 1. The standard InChI is InChI=1S/C12H7F5N2O2/c1-19-4-8(12(15,16)17)18-10(19)9-6(13)2-5(11(20)21)3-7(9)14/h2-4H,1H3,(H,20,21). The molecule has 21 heavy (non-hydrogen) atoms. The third kappa shape index (κ3) is 2.71. The van der Waals surface area contributed by atoms with Gasteiger partial charge in [-0.05, 0) is 12.1 Å². The van der Waals surface area contributed by atoms with E-state index >= 15 is 0 Å². The van der Waals surface area contributed by atoms with Gasteiger partial charge in [-0.25, -0.2) is 18.6 Å². The summed E-state index contributed by atoms with van der Waals surface area (Å²) in [5.41, 5.74) is -2.78. The van der Waals surface area contributed by atoms with Crippen molar-refractivity contribution in [1.82, 2.24) is 9.55 Å². The Morgan fingerprint density at radius 3 is 2.14 bits per heavy atom. The predicted molar refractivity (Wildman–Crippen MR) is 60.5 cm³/mol. The third-order valence-corrected chi connectivity index (χ3v) is 2.68. The van der Waals surface area contributed by atoms with Gasteiger partial charge in [-0.2, -0.15) is 13.2 Å². The molecule has 0 spiro atoms. The van der Waals surface area contributed by atoms with Crippen molar-refractivity contribution >= 4 is 5.97 Å². The summed E-state index contributed by atoms with van der Waals surface area (Å²) in [4.78, 5) is 13.8. The number of hydrogen-bond donors (Lipinski definition) is 1. The SMILES string of the molecule is Cn1cc(C(F)(F)F)nc1-c1c(F)cc(C(=O)O)cc1F. The van der Waals surface area contributed by atoms with Crippen molar-refractivity contribution in [3.05, 3.63) is 41.2 Å². The van der Waals surface area contributed by atoms with Gasteiger partial charge in [-0.15, -0.1) is 0 Å². The molecule has 112 valence electrons. The molecule has 0 bridgehead atoms. The zero-order valence-corrected chi connectivity index (χ0v) is 10.4. The van der Waals surface area contributed by atoms with Crippen LogP contribution in [0.3, 0.4) is 0 Å². The molecule has 0 radical (unpaired) electrons. The molecule has 4 nitrogen and oxygen atoms in total. The van der Waals surface area contributed by atoms with Crippen LogP contribution in [0.25, 0.3) is 11.4 Å². The van der Waals surface area contributed by atoms with Crippen molar-refractivity contribution in [2.75, 3.05) is 0 Å². The van der Waals surface area contributed by atoms with E-state index in [1.54, 1.807) is 0 Å². The minimum atomic E-state index is -4.76. The highest BCUT2D eigenvalue weighted by atomic mass is 19.4. The average Bonchev–Trinajstić information content (AvgIpc) is 2.70. The lowest BCUT2D eigenvalue weighted by atomic mass is 10.1. The van der Waals surface area contributed by atoms with Gasteiger partial charge in [0.15, 0.2) is 5.69 Å². The van der Waals surface area contributed by atoms with Gasteiger partial charge >= 0.3 is 12.1 Å². The fourth-order valence-corrected chi connectivity index (χ4v) is 1.75. The molecule has 0 unspecified atom stereocenters. The maximum Gasteiger partial charge on any atom is 0.434 e. The number of carboxylic acids is 1. The minimum absolute atomic E-state index is 0.517. The largest absolute Gasteiger partial charge is 0.478 e. The van der Waals surface area contributed by atoms with E-state index in [2.05, 4.69) is 4.98 Å². The van der Waals surface area contributed by atoms with Crippen molar-refractivity contribution in [2.45, 2.75) is 6.18 Å². The highest BCUT2D eigenvalue weighted by molar-refractivity contribution is 5.88. The van der Waals surface area contributed by atoms with Gasteiger partial charge < -0.3 is 9.67 Å². The van der Waals surface area contributed by atoms with Crippen LogP contribution in [0.1, 0.15) is 16.1 Å². The van der Waals surface area contributed by atoms with E-state index < -0.39 is 46.4 Å². The van der Waals surface area contributed by atoms with Crippen molar-refractivity contribution in [3.63, 3.8) is 0 Å². The van der Waals surface area contributed by atoms with E-state index in [1.165, 1.54) is 0 Å². The molecule has 0 aliphatic heterocycles. The predicted octanol–water partition coefficient (Wildman–Crippen LogP) is 3.08. The summed E-state index contributed by atoms with van der Waals surface area (Å²) in [6.07, 6.45) is -4.18. The molecule has 0 saturated carbocycles. The fraction of sp³-hybridized carbons (Fsp3) is 0.167. The van der Waals surface area contributed by atoms with Crippen LogP contribution in [-0.2, 0) is 13.2 Å². The van der Waals surface area contributed by atoms with Gasteiger partial charge in [0.1, 0.15) is 17.5 Å². The molecule has 1 aromatic heterocycles. The van der Waals surface area contributed by atoms with Gasteiger partial charge in [0, 0.05) is 13.2 Å². The van der Waals surface area contributed by atoms with E-state index in [4.69, 9.17) is 5.11 Å². The second kappa shape index (κ2) is 4.83. The maximum atomic E-state index is 13.8. The van der Waals surface area contributed by atoms with Crippen LogP contribution in [0.15, 0.2) is 18.3 Å². The number of imidazole rings is 1. The lowest BCUT2D eigenvalue weighted by Crippen LogP contribution is -2.05. The molecule has 0 fully saturated rings. The molecule has 0 aliphatic carbocycles. The van der Waals surface area contributed by atoms with Crippen molar-refractivity contribution in [3.8, 4) is 11.4 Å². The lowest BCUT2D eigenvalue weighted by molar-refractivity contribution is -0.140. The first kappa shape index (κ1) is 14.9. The van der Waals surface area contributed by atoms with Gasteiger partial charge in [0.2, 0.25) is 0 Å². The first-order chi connectivity index (χ1) is 9.61. The quantitative estimate of drug-likeness (QED) is 0.868. The van der Waals surface area contributed by atoms with Crippen molar-refractivity contribution < 1.29 is 31.9 Å². The summed E-state index contributed by atoms with van der Waals surface area (Å²) in [5.74, 6) is -4.77. The summed E-state index contributed by atoms with van der Waals surface area (Å²) in [5, 5.41) is 8.66. The molecule has 2 rings (SSSR count). The molecule has 0 saturated heterocycles. The normalized spacial score (nSPS) is 11.7. The monoisotopic (exact) mass is 306 g/mol. The van der Waals surface area contributed by atoms with E-state index in [1.807, 2.05) is 0 Å². The van der Waals surface area contributed by atoms with Crippen LogP contribution in [0.5, 0.6) is 0 Å². The number of nitrogens with zero attached hydrogens (tertiary/aromatic N) is 2. The first-order valence-corrected chi connectivity index (χ1v) is 5.44. The number of alkyl halides is 3. The second-order valence-electron chi connectivity index (χ2n) is 4.18. The van der Waals surface area contributed by atoms with E-state index in [0.29, 0.717) is 18.3 Å². The van der Waals surface area contributed by atoms with Crippen LogP contribution < -0.4 is 0 Å². The second-order valence-corrected chi connectivity index (χ2v) is 4.18. The Labute approximate surface area is 114 Å². The summed E-state index contributed by atoms with van der Waals surface area (Å²) in [6.45, 7) is 0. The number of carbonyl (C=O) groups is 1. The molecule has 1 N–H and O–H groups in total. The van der Waals surface area contributed by atoms with Gasteiger partial charge in [-0.3, -0.25) is 0 Å². The molecular weight excluding hydrogens is 299 g/mol. The summed E-state index contributed by atoms with van der Waals surface area (Å²) in [7, 11) is 1.14. The van der Waals surface area contributed by atoms with Crippen LogP contribution in [-0.4, -0.2) is 20.6 Å². The Morgan fingerprint density at radius 2 is 1.76 bits per heavy atom. The van der Waals surface area contributed by atoms with Crippen molar-refractivity contribution in [1.29, 1.82) is 0 Å². The third-order valence-electron chi connectivity index (χ3n) is 2.68. The number of aryl methyl sites for hydroxylation is 1. The maximum absolute atomic E-state index is 13.8. The number of carboxylic acid groups (broad SMARTS) is 1. The zero-order valence-electron chi connectivity index (χ0n) is 10.4. The fourth-order valence-electron chi connectivity index (χ4n) is 1.75. The van der Waals surface area contributed by atoms with E-state index in [0.717, 1.165) is 11.6 Å². The zero-order chi connectivity index (χ0) is 15.9. The molecule has 0 amide bonds. The number of aromatic nitrogens is 2. The van der Waals surface area contributed by atoms with E-state index in [9.17, 15) is 26.7 Å². The van der Waals surface area contributed by atoms with Gasteiger partial charge in [0.25, 0.3) is 0 Å². The first-order valence-electron chi connectivity index (χ1n) is 5.44. The Bertz CT molecular complexity index is 698. The van der Waals surface area contributed by atoms with Crippen LogP contribution >= 0.6 is 0 Å². The summed E-state index contributed by atoms with van der Waals surface area (Å²) >= 11 is 0. The summed E-state index contributed by atoms with van der Waals surface area (Å²) in [6, 6.07) is 1.03. The molecule has 1 aromatic carbocycles. The van der Waals surface area contributed by atoms with E-state index in [-0.39, 0.29) is 0 Å². The Balaban J connectivity index is 2.63. The topological polar surface area (TPSA) is 55.1 Å². The number of halogens is 5. The molecule has 1 heterocycles. The van der Waals surface area contributed by atoms with Crippen LogP contribution in [0.2, 0.25) is 0 Å². The van der Waals surface area contributed by atoms with Crippen LogP contribution in [0, 0.1) is 11.6 Å². The number of aromatic carboxylic acids is 1. The minimum Gasteiger partial charge on any atom is -0.478 e. The Hall–Kier alpha value is -2.45. The molecule has 2 aromatic rings. The lowest BCUT2D eigenvalue weighted by Gasteiger charge is -2.06. The van der Waals surface area contributed by atoms with Crippen molar-refractivity contribution in [2.24, 2.45) is 7.05 Å². The molecular formula is C12H7F5N2O2. The summed E-state index contributed by atoms with van der Waals surface area (Å²) < 4.78 is 66.0.